The molecular weight excluding hydrogens is 272 g/mol. The van der Waals surface area contributed by atoms with Crippen molar-refractivity contribution in [2.75, 3.05) is 0 Å². The van der Waals surface area contributed by atoms with Crippen LogP contribution in [0.3, 0.4) is 0 Å². The van der Waals surface area contributed by atoms with Crippen LogP contribution in [0.15, 0.2) is 29.3 Å². The van der Waals surface area contributed by atoms with Gasteiger partial charge in [-0.1, -0.05) is 23.2 Å². The number of ether oxygens (including phenoxy) is 1. The minimum Gasteiger partial charge on any atom is -0.478 e. The molecule has 0 amide bonds. The summed E-state index contributed by atoms with van der Waals surface area (Å²) >= 11 is 5.73. The molecular formula is C12H9ClN2O4. The number of carboxylic acids is 1. The molecule has 1 heterocycles. The Balaban J connectivity index is 2.46. The van der Waals surface area contributed by atoms with E-state index in [9.17, 15) is 9.59 Å². The summed E-state index contributed by atoms with van der Waals surface area (Å²) in [5, 5.41) is 8.85. The fourth-order valence-corrected chi connectivity index (χ4v) is 1.58. The molecule has 0 aliphatic carbocycles. The Morgan fingerprint density at radius 2 is 2.21 bits per heavy atom. The van der Waals surface area contributed by atoms with Gasteiger partial charge in [0.2, 0.25) is 5.88 Å². The van der Waals surface area contributed by atoms with Gasteiger partial charge in [0.15, 0.2) is 5.02 Å². The number of H-pyrrole nitrogens is 1. The topological polar surface area (TPSA) is 92.3 Å². The summed E-state index contributed by atoms with van der Waals surface area (Å²) in [7, 11) is 0. The van der Waals surface area contributed by atoms with Gasteiger partial charge in [-0.05, 0) is 19.1 Å². The average Bonchev–Trinajstić information content (AvgIpc) is 2.36. The van der Waals surface area contributed by atoms with Crippen LogP contribution in [0.1, 0.15) is 15.9 Å². The highest BCUT2D eigenvalue weighted by Gasteiger charge is 2.15. The molecule has 0 aliphatic rings. The standard InChI is InChI=1S/C12H9ClN2O4/c1-6-2-3-8(7(4-6)12(17)18)19-11-9(13)10(16)14-5-15-11/h2-5H,1H3,(H,17,18)(H,14,15,16). The first-order chi connectivity index (χ1) is 8.99. The van der Waals surface area contributed by atoms with Gasteiger partial charge in [-0.25, -0.2) is 9.78 Å². The lowest BCUT2D eigenvalue weighted by Gasteiger charge is -2.09. The zero-order valence-electron chi connectivity index (χ0n) is 9.81. The van der Waals surface area contributed by atoms with Crippen molar-refractivity contribution in [3.8, 4) is 11.6 Å². The Labute approximate surface area is 112 Å². The number of carboxylic acid groups (broad SMARTS) is 1. The van der Waals surface area contributed by atoms with Crippen molar-refractivity contribution >= 4 is 17.6 Å². The lowest BCUT2D eigenvalue weighted by molar-refractivity contribution is 0.0694. The van der Waals surface area contributed by atoms with Crippen molar-refractivity contribution in [1.29, 1.82) is 0 Å². The van der Waals surface area contributed by atoms with Crippen LogP contribution < -0.4 is 10.3 Å². The summed E-state index contributed by atoms with van der Waals surface area (Å²) in [6.45, 7) is 1.76. The summed E-state index contributed by atoms with van der Waals surface area (Å²) < 4.78 is 5.29. The molecule has 0 saturated carbocycles. The van der Waals surface area contributed by atoms with E-state index in [0.717, 1.165) is 11.9 Å². The van der Waals surface area contributed by atoms with Crippen LogP contribution >= 0.6 is 11.6 Å². The van der Waals surface area contributed by atoms with E-state index in [2.05, 4.69) is 9.97 Å². The molecule has 0 spiro atoms. The molecule has 0 aliphatic heterocycles. The summed E-state index contributed by atoms with van der Waals surface area (Å²) in [6.07, 6.45) is 1.12. The number of halogens is 1. The molecule has 6 nitrogen and oxygen atoms in total. The molecule has 1 aromatic heterocycles. The molecule has 19 heavy (non-hydrogen) atoms. The number of nitrogens with one attached hydrogen (secondary N) is 1. The zero-order chi connectivity index (χ0) is 14.0. The highest BCUT2D eigenvalue weighted by atomic mass is 35.5. The predicted octanol–water partition coefficient (Wildman–Crippen LogP) is 2.22. The Hall–Kier alpha value is -2.34. The molecule has 0 radical (unpaired) electrons. The number of aryl methyl sites for hydroxylation is 1. The summed E-state index contributed by atoms with van der Waals surface area (Å²) in [5.41, 5.74) is 0.184. The van der Waals surface area contributed by atoms with E-state index in [1.165, 1.54) is 12.1 Å². The van der Waals surface area contributed by atoms with Gasteiger partial charge in [-0.2, -0.15) is 0 Å². The maximum atomic E-state index is 11.3. The molecule has 2 rings (SSSR count). The maximum absolute atomic E-state index is 11.3. The molecule has 0 fully saturated rings. The monoisotopic (exact) mass is 280 g/mol. The van der Waals surface area contributed by atoms with E-state index in [4.69, 9.17) is 21.4 Å². The molecule has 0 bridgehead atoms. The Morgan fingerprint density at radius 1 is 1.47 bits per heavy atom. The van der Waals surface area contributed by atoms with Crippen LogP contribution in [0.25, 0.3) is 0 Å². The molecule has 0 unspecified atom stereocenters. The molecule has 0 atom stereocenters. The number of hydrogen-bond acceptors (Lipinski definition) is 4. The van der Waals surface area contributed by atoms with Gasteiger partial charge in [0.1, 0.15) is 11.3 Å². The second-order valence-electron chi connectivity index (χ2n) is 3.76. The van der Waals surface area contributed by atoms with Crippen molar-refractivity contribution < 1.29 is 14.6 Å². The van der Waals surface area contributed by atoms with E-state index in [1.54, 1.807) is 13.0 Å². The Morgan fingerprint density at radius 3 is 2.89 bits per heavy atom. The number of hydrogen-bond donors (Lipinski definition) is 2. The van der Waals surface area contributed by atoms with Crippen LogP contribution in [0, 0.1) is 6.92 Å². The van der Waals surface area contributed by atoms with Crippen molar-refractivity contribution in [3.05, 3.63) is 51.0 Å². The third-order valence-electron chi connectivity index (χ3n) is 2.34. The zero-order valence-corrected chi connectivity index (χ0v) is 10.6. The first-order valence-corrected chi connectivity index (χ1v) is 5.62. The average molecular weight is 281 g/mol. The number of rotatable bonds is 3. The minimum absolute atomic E-state index is 0.0295. The Kier molecular flexibility index (Phi) is 3.52. The van der Waals surface area contributed by atoms with E-state index < -0.39 is 11.5 Å². The number of aromatic amines is 1. The molecule has 0 saturated heterocycles. The van der Waals surface area contributed by atoms with Gasteiger partial charge in [0.25, 0.3) is 5.56 Å². The van der Waals surface area contributed by atoms with Gasteiger partial charge < -0.3 is 14.8 Å². The molecule has 2 N–H and O–H groups in total. The second kappa shape index (κ2) is 5.11. The number of nitrogens with zero attached hydrogens (tertiary/aromatic N) is 1. The number of carbonyl (C=O) groups is 1. The summed E-state index contributed by atoms with van der Waals surface area (Å²) in [5.74, 6) is -1.21. The van der Waals surface area contributed by atoms with Gasteiger partial charge in [0.05, 0.1) is 6.33 Å². The Bertz CT molecular complexity index is 696. The second-order valence-corrected chi connectivity index (χ2v) is 4.14. The van der Waals surface area contributed by atoms with E-state index in [-0.39, 0.29) is 22.2 Å². The van der Waals surface area contributed by atoms with Gasteiger partial charge in [-0.15, -0.1) is 0 Å². The van der Waals surface area contributed by atoms with E-state index in [0.29, 0.717) is 0 Å². The third-order valence-corrected chi connectivity index (χ3v) is 2.67. The lowest BCUT2D eigenvalue weighted by Crippen LogP contribution is -2.09. The van der Waals surface area contributed by atoms with Crippen molar-refractivity contribution in [2.45, 2.75) is 6.92 Å². The van der Waals surface area contributed by atoms with Crippen LogP contribution in [-0.2, 0) is 0 Å². The van der Waals surface area contributed by atoms with Crippen LogP contribution in [0.5, 0.6) is 11.6 Å². The fourth-order valence-electron chi connectivity index (χ4n) is 1.44. The molecule has 98 valence electrons. The van der Waals surface area contributed by atoms with E-state index >= 15 is 0 Å². The largest absolute Gasteiger partial charge is 0.478 e. The first kappa shape index (κ1) is 13.1. The van der Waals surface area contributed by atoms with Crippen LogP contribution in [-0.4, -0.2) is 21.0 Å². The number of aromatic nitrogens is 2. The van der Waals surface area contributed by atoms with Gasteiger partial charge in [-0.3, -0.25) is 4.79 Å². The summed E-state index contributed by atoms with van der Waals surface area (Å²) in [6, 6.07) is 4.62. The molecule has 7 heteroatoms. The number of aromatic carboxylic acids is 1. The van der Waals surface area contributed by atoms with Crippen LogP contribution in [0.4, 0.5) is 0 Å². The predicted molar refractivity (Wildman–Crippen MR) is 68.1 cm³/mol. The minimum atomic E-state index is -1.14. The lowest BCUT2D eigenvalue weighted by atomic mass is 10.1. The van der Waals surface area contributed by atoms with Crippen molar-refractivity contribution in [2.24, 2.45) is 0 Å². The maximum Gasteiger partial charge on any atom is 0.339 e. The third kappa shape index (κ3) is 2.74. The SMILES string of the molecule is Cc1ccc(Oc2nc[nH]c(=O)c2Cl)c(C(=O)O)c1. The molecule has 2 aromatic rings. The van der Waals surface area contributed by atoms with Crippen molar-refractivity contribution in [3.63, 3.8) is 0 Å². The normalized spacial score (nSPS) is 10.2. The van der Waals surface area contributed by atoms with E-state index in [1.807, 2.05) is 0 Å². The fraction of sp³-hybridized carbons (Fsp3) is 0.0833. The van der Waals surface area contributed by atoms with Crippen molar-refractivity contribution in [1.82, 2.24) is 9.97 Å². The number of benzene rings is 1. The highest BCUT2D eigenvalue weighted by molar-refractivity contribution is 6.31. The molecule has 1 aromatic carbocycles. The van der Waals surface area contributed by atoms with Gasteiger partial charge in [0, 0.05) is 0 Å². The van der Waals surface area contributed by atoms with Crippen LogP contribution in [0.2, 0.25) is 5.02 Å². The first-order valence-electron chi connectivity index (χ1n) is 5.24. The quantitative estimate of drug-likeness (QED) is 0.899. The highest BCUT2D eigenvalue weighted by Crippen LogP contribution is 2.27. The summed E-state index contributed by atoms with van der Waals surface area (Å²) in [4.78, 5) is 28.4. The van der Waals surface area contributed by atoms with Gasteiger partial charge >= 0.3 is 5.97 Å². The smallest absolute Gasteiger partial charge is 0.339 e.